The number of nitriles is 1. The van der Waals surface area contributed by atoms with Crippen molar-refractivity contribution in [3.8, 4) is 17.2 Å². The van der Waals surface area contributed by atoms with Gasteiger partial charge in [-0.2, -0.15) is 5.26 Å². The molecule has 0 saturated heterocycles. The molecule has 0 aromatic heterocycles. The summed E-state index contributed by atoms with van der Waals surface area (Å²) < 4.78 is 0. The topological polar surface area (TPSA) is 40.9 Å². The fourth-order valence-electron chi connectivity index (χ4n) is 2.42. The van der Waals surface area contributed by atoms with Gasteiger partial charge in [-0.3, -0.25) is 4.79 Å². The Labute approximate surface area is 135 Å². The molecular weight excluding hydrogens is 282 g/mol. The van der Waals surface area contributed by atoms with Crippen LogP contribution in [-0.2, 0) is 0 Å². The largest absolute Gasteiger partial charge is 0.289 e. The van der Waals surface area contributed by atoms with Gasteiger partial charge < -0.3 is 0 Å². The highest BCUT2D eigenvalue weighted by Gasteiger charge is 2.09. The summed E-state index contributed by atoms with van der Waals surface area (Å²) >= 11 is 0. The zero-order valence-electron chi connectivity index (χ0n) is 12.8. The predicted molar refractivity (Wildman–Crippen MR) is 91.2 cm³/mol. The highest BCUT2D eigenvalue weighted by molar-refractivity contribution is 6.09. The van der Waals surface area contributed by atoms with Crippen molar-refractivity contribution < 1.29 is 4.79 Å². The fourth-order valence-corrected chi connectivity index (χ4v) is 2.42. The van der Waals surface area contributed by atoms with E-state index in [0.717, 1.165) is 11.1 Å². The van der Waals surface area contributed by atoms with Gasteiger partial charge in [0.2, 0.25) is 0 Å². The first kappa shape index (κ1) is 14.7. The molecule has 0 bridgehead atoms. The molecule has 3 aromatic rings. The Morgan fingerprint density at radius 1 is 0.739 bits per heavy atom. The molecule has 0 unspecified atom stereocenters. The number of carbonyl (C=O) groups excluding carboxylic acids is 1. The summed E-state index contributed by atoms with van der Waals surface area (Å²) in [4.78, 5) is 12.5. The van der Waals surface area contributed by atoms with Crippen LogP contribution in [0.15, 0.2) is 72.8 Å². The van der Waals surface area contributed by atoms with Crippen molar-refractivity contribution in [3.05, 3.63) is 95.1 Å². The van der Waals surface area contributed by atoms with Crippen molar-refractivity contribution in [2.45, 2.75) is 6.92 Å². The molecule has 2 nitrogen and oxygen atoms in total. The number of hydrogen-bond donors (Lipinski definition) is 0. The molecular formula is C21H15NO. The third-order valence-corrected chi connectivity index (χ3v) is 3.81. The maximum Gasteiger partial charge on any atom is 0.193 e. The van der Waals surface area contributed by atoms with Crippen LogP contribution in [0, 0.1) is 18.3 Å². The van der Waals surface area contributed by atoms with Crippen LogP contribution in [0.25, 0.3) is 11.1 Å². The van der Waals surface area contributed by atoms with Crippen LogP contribution in [0.3, 0.4) is 0 Å². The number of nitrogens with zero attached hydrogens (tertiary/aromatic N) is 1. The molecule has 3 rings (SSSR count). The van der Waals surface area contributed by atoms with Crippen LogP contribution in [0.2, 0.25) is 0 Å². The number of hydrogen-bond acceptors (Lipinski definition) is 2. The van der Waals surface area contributed by atoms with Crippen molar-refractivity contribution in [2.24, 2.45) is 0 Å². The first-order chi connectivity index (χ1) is 11.2. The molecule has 110 valence electrons. The second-order valence-electron chi connectivity index (χ2n) is 5.46. The number of aryl methyl sites for hydroxylation is 1. The minimum Gasteiger partial charge on any atom is -0.289 e. The molecule has 0 radical (unpaired) electrons. The minimum absolute atomic E-state index is 0.0371. The van der Waals surface area contributed by atoms with Crippen molar-refractivity contribution in [1.82, 2.24) is 0 Å². The summed E-state index contributed by atoms with van der Waals surface area (Å²) in [7, 11) is 0. The summed E-state index contributed by atoms with van der Waals surface area (Å²) in [6.07, 6.45) is 0. The molecule has 0 fully saturated rings. The van der Waals surface area contributed by atoms with E-state index in [1.165, 1.54) is 5.56 Å². The van der Waals surface area contributed by atoms with Crippen LogP contribution >= 0.6 is 0 Å². The van der Waals surface area contributed by atoms with E-state index in [9.17, 15) is 4.79 Å². The minimum atomic E-state index is -0.0371. The highest BCUT2D eigenvalue weighted by atomic mass is 16.1. The Kier molecular flexibility index (Phi) is 4.03. The van der Waals surface area contributed by atoms with Crippen LogP contribution in [0.1, 0.15) is 27.0 Å². The molecule has 0 N–H and O–H groups in total. The zero-order valence-corrected chi connectivity index (χ0v) is 12.8. The summed E-state index contributed by atoms with van der Waals surface area (Å²) in [6.45, 7) is 2.06. The van der Waals surface area contributed by atoms with Crippen molar-refractivity contribution >= 4 is 5.78 Å². The van der Waals surface area contributed by atoms with Gasteiger partial charge in [0.25, 0.3) is 0 Å². The van der Waals surface area contributed by atoms with Crippen molar-refractivity contribution in [1.29, 1.82) is 5.26 Å². The first-order valence-electron chi connectivity index (χ1n) is 7.39. The molecule has 0 aliphatic carbocycles. The fraction of sp³-hybridized carbons (Fsp3) is 0.0476. The standard InChI is InChI=1S/C21H15NO/c1-15-2-6-17(7-3-15)18-10-12-20(13-11-18)21(23)19-8-4-16(14-22)5-9-19/h2-13H,1H3. The van der Waals surface area contributed by atoms with Gasteiger partial charge in [-0.15, -0.1) is 0 Å². The van der Waals surface area contributed by atoms with Gasteiger partial charge in [0, 0.05) is 11.1 Å². The van der Waals surface area contributed by atoms with E-state index in [1.54, 1.807) is 24.3 Å². The zero-order chi connectivity index (χ0) is 16.2. The molecule has 0 aliphatic heterocycles. The third kappa shape index (κ3) is 3.20. The van der Waals surface area contributed by atoms with E-state index in [4.69, 9.17) is 5.26 Å². The van der Waals surface area contributed by atoms with Gasteiger partial charge in [-0.25, -0.2) is 0 Å². The Morgan fingerprint density at radius 3 is 1.65 bits per heavy atom. The molecule has 0 spiro atoms. The van der Waals surface area contributed by atoms with Gasteiger partial charge in [-0.05, 0) is 42.3 Å². The Bertz CT molecular complexity index is 867. The van der Waals surface area contributed by atoms with Gasteiger partial charge >= 0.3 is 0 Å². The van der Waals surface area contributed by atoms with Gasteiger partial charge in [0.1, 0.15) is 0 Å². The monoisotopic (exact) mass is 297 g/mol. The third-order valence-electron chi connectivity index (χ3n) is 3.81. The molecule has 0 aliphatic rings. The van der Waals surface area contributed by atoms with E-state index in [-0.39, 0.29) is 5.78 Å². The van der Waals surface area contributed by atoms with E-state index in [1.807, 2.05) is 24.3 Å². The summed E-state index contributed by atoms with van der Waals surface area (Å²) in [5.74, 6) is -0.0371. The Morgan fingerprint density at radius 2 is 1.17 bits per heavy atom. The molecule has 0 heterocycles. The SMILES string of the molecule is Cc1ccc(-c2ccc(C(=O)c3ccc(C#N)cc3)cc2)cc1. The van der Waals surface area contributed by atoms with Gasteiger partial charge in [0.05, 0.1) is 11.6 Å². The molecule has 2 heteroatoms. The van der Waals surface area contributed by atoms with E-state index >= 15 is 0 Å². The summed E-state index contributed by atoms with van der Waals surface area (Å²) in [5, 5.41) is 8.81. The lowest BCUT2D eigenvalue weighted by molar-refractivity contribution is 0.103. The van der Waals surface area contributed by atoms with E-state index < -0.39 is 0 Å². The molecule has 0 saturated carbocycles. The summed E-state index contributed by atoms with van der Waals surface area (Å²) in [5.41, 5.74) is 5.23. The van der Waals surface area contributed by atoms with E-state index in [0.29, 0.717) is 16.7 Å². The Hall–Kier alpha value is -3.18. The van der Waals surface area contributed by atoms with Crippen molar-refractivity contribution in [3.63, 3.8) is 0 Å². The maximum atomic E-state index is 12.5. The van der Waals surface area contributed by atoms with Gasteiger partial charge in [-0.1, -0.05) is 54.1 Å². The average Bonchev–Trinajstić information content (AvgIpc) is 2.62. The molecule has 23 heavy (non-hydrogen) atoms. The number of carbonyl (C=O) groups is 1. The molecule has 0 atom stereocenters. The second kappa shape index (κ2) is 6.29. The van der Waals surface area contributed by atoms with Crippen LogP contribution in [0.5, 0.6) is 0 Å². The van der Waals surface area contributed by atoms with Crippen LogP contribution < -0.4 is 0 Å². The number of rotatable bonds is 3. The van der Waals surface area contributed by atoms with Crippen LogP contribution in [-0.4, -0.2) is 5.78 Å². The van der Waals surface area contributed by atoms with Gasteiger partial charge in [0.15, 0.2) is 5.78 Å². The number of benzene rings is 3. The second-order valence-corrected chi connectivity index (χ2v) is 5.46. The Balaban J connectivity index is 1.85. The highest BCUT2D eigenvalue weighted by Crippen LogP contribution is 2.21. The van der Waals surface area contributed by atoms with Crippen molar-refractivity contribution in [2.75, 3.05) is 0 Å². The normalized spacial score (nSPS) is 10.1. The lowest BCUT2D eigenvalue weighted by Crippen LogP contribution is -2.00. The summed E-state index contributed by atoms with van der Waals surface area (Å²) in [6, 6.07) is 24.7. The lowest BCUT2D eigenvalue weighted by atomic mass is 9.98. The quantitative estimate of drug-likeness (QED) is 0.654. The predicted octanol–water partition coefficient (Wildman–Crippen LogP) is 4.76. The smallest absolute Gasteiger partial charge is 0.193 e. The van der Waals surface area contributed by atoms with E-state index in [2.05, 4.69) is 37.3 Å². The molecule has 3 aromatic carbocycles. The van der Waals surface area contributed by atoms with Crippen LogP contribution in [0.4, 0.5) is 0 Å². The lowest BCUT2D eigenvalue weighted by Gasteiger charge is -2.05. The number of ketones is 1. The molecule has 0 amide bonds. The average molecular weight is 297 g/mol. The maximum absolute atomic E-state index is 12.5. The first-order valence-corrected chi connectivity index (χ1v) is 7.39.